The molecular weight excluding hydrogens is 310 g/mol. The number of aryl methyl sites for hydroxylation is 1. The molecule has 0 radical (unpaired) electrons. The molecule has 25 heavy (non-hydrogen) atoms. The van der Waals surface area contributed by atoms with Crippen LogP contribution in [0.2, 0.25) is 0 Å². The molecule has 2 aromatic heterocycles. The summed E-state index contributed by atoms with van der Waals surface area (Å²) in [5.74, 6) is 1.67. The summed E-state index contributed by atoms with van der Waals surface area (Å²) in [6.07, 6.45) is 13.1. The van der Waals surface area contributed by atoms with Gasteiger partial charge in [-0.1, -0.05) is 12.1 Å². The smallest absolute Gasteiger partial charge is 0.133 e. The maximum absolute atomic E-state index is 5.86. The van der Waals surface area contributed by atoms with Crippen molar-refractivity contribution < 1.29 is 0 Å². The van der Waals surface area contributed by atoms with Gasteiger partial charge >= 0.3 is 0 Å². The first-order chi connectivity index (χ1) is 12.3. The van der Waals surface area contributed by atoms with Crippen LogP contribution in [-0.2, 0) is 19.6 Å². The Morgan fingerprint density at radius 2 is 2.28 bits per heavy atom. The normalized spacial score (nSPS) is 23.6. The minimum Gasteiger partial charge on any atom is -0.318 e. The third-order valence-electron chi connectivity index (χ3n) is 5.59. The highest BCUT2D eigenvalue weighted by atomic mass is 15.2. The fourth-order valence-corrected chi connectivity index (χ4v) is 4.50. The molecule has 0 spiro atoms. The van der Waals surface area contributed by atoms with Crippen molar-refractivity contribution in [2.75, 3.05) is 6.54 Å². The number of nitrogens with two attached hydrogens (primary N) is 1. The molecule has 0 amide bonds. The van der Waals surface area contributed by atoms with Gasteiger partial charge in [-0.2, -0.15) is 0 Å². The minimum atomic E-state index is 0.437. The third-order valence-corrected chi connectivity index (χ3v) is 5.59. The van der Waals surface area contributed by atoms with Crippen molar-refractivity contribution in [3.63, 3.8) is 0 Å². The Morgan fingerprint density at radius 1 is 1.36 bits per heavy atom. The van der Waals surface area contributed by atoms with Gasteiger partial charge in [-0.05, 0) is 62.8 Å². The largest absolute Gasteiger partial charge is 0.318 e. The summed E-state index contributed by atoms with van der Waals surface area (Å²) in [6.45, 7) is 4.46. The zero-order valence-corrected chi connectivity index (χ0v) is 14.9. The summed E-state index contributed by atoms with van der Waals surface area (Å²) in [4.78, 5) is 12.1. The lowest BCUT2D eigenvalue weighted by molar-refractivity contribution is 0.0686. The SMILES string of the molecule is C/C=C\c1nc(CN2CCCC3CCc4cccnc4C32)cn1CN. The van der Waals surface area contributed by atoms with Crippen LogP contribution in [0.25, 0.3) is 6.08 Å². The van der Waals surface area contributed by atoms with Crippen molar-refractivity contribution in [3.05, 3.63) is 53.4 Å². The quantitative estimate of drug-likeness (QED) is 0.931. The van der Waals surface area contributed by atoms with Gasteiger partial charge in [-0.3, -0.25) is 9.88 Å². The highest BCUT2D eigenvalue weighted by molar-refractivity contribution is 5.40. The number of hydrogen-bond acceptors (Lipinski definition) is 4. The molecule has 2 aliphatic rings. The molecule has 5 heteroatoms. The molecule has 4 rings (SSSR count). The van der Waals surface area contributed by atoms with Gasteiger partial charge in [0, 0.05) is 18.9 Å². The van der Waals surface area contributed by atoms with Crippen LogP contribution in [-0.4, -0.2) is 26.0 Å². The predicted molar refractivity (Wildman–Crippen MR) is 99.6 cm³/mol. The van der Waals surface area contributed by atoms with Crippen LogP contribution < -0.4 is 5.73 Å². The lowest BCUT2D eigenvalue weighted by atomic mass is 9.77. The van der Waals surface area contributed by atoms with Gasteiger partial charge in [0.1, 0.15) is 5.82 Å². The van der Waals surface area contributed by atoms with Crippen molar-refractivity contribution in [2.24, 2.45) is 11.7 Å². The first-order valence-corrected chi connectivity index (χ1v) is 9.36. The summed E-state index contributed by atoms with van der Waals surface area (Å²) >= 11 is 0. The number of aromatic nitrogens is 3. The molecule has 0 aromatic carbocycles. The van der Waals surface area contributed by atoms with E-state index in [1.165, 1.54) is 36.9 Å². The van der Waals surface area contributed by atoms with Gasteiger partial charge in [0.25, 0.3) is 0 Å². The van der Waals surface area contributed by atoms with E-state index in [2.05, 4.69) is 23.2 Å². The number of rotatable bonds is 4. The topological polar surface area (TPSA) is 60.0 Å². The molecule has 0 bridgehead atoms. The van der Waals surface area contributed by atoms with Crippen LogP contribution in [0.1, 0.15) is 55.0 Å². The number of piperidine rings is 1. The first-order valence-electron chi connectivity index (χ1n) is 9.36. The number of hydrogen-bond donors (Lipinski definition) is 1. The number of nitrogens with zero attached hydrogens (tertiary/aromatic N) is 4. The number of pyridine rings is 1. The monoisotopic (exact) mass is 337 g/mol. The predicted octanol–water partition coefficient (Wildman–Crippen LogP) is 3.13. The summed E-state index contributed by atoms with van der Waals surface area (Å²) in [5.41, 5.74) is 9.69. The van der Waals surface area contributed by atoms with Gasteiger partial charge in [0.2, 0.25) is 0 Å². The average molecular weight is 337 g/mol. The lowest BCUT2D eigenvalue weighted by Crippen LogP contribution is -2.41. The summed E-state index contributed by atoms with van der Waals surface area (Å²) in [5, 5.41) is 0. The van der Waals surface area contributed by atoms with Gasteiger partial charge in [0.05, 0.1) is 24.1 Å². The van der Waals surface area contributed by atoms with Crippen LogP contribution >= 0.6 is 0 Å². The van der Waals surface area contributed by atoms with E-state index in [4.69, 9.17) is 15.7 Å². The summed E-state index contributed by atoms with van der Waals surface area (Å²) in [7, 11) is 0. The summed E-state index contributed by atoms with van der Waals surface area (Å²) in [6, 6.07) is 4.75. The maximum atomic E-state index is 5.86. The number of likely N-dealkylation sites (tertiary alicyclic amines) is 1. The Balaban J connectivity index is 1.62. The van der Waals surface area contributed by atoms with Gasteiger partial charge in [-0.15, -0.1) is 0 Å². The van der Waals surface area contributed by atoms with E-state index in [1.807, 2.05) is 29.8 Å². The molecule has 5 nitrogen and oxygen atoms in total. The second-order valence-corrected chi connectivity index (χ2v) is 7.15. The van der Waals surface area contributed by atoms with Crippen LogP contribution in [0.15, 0.2) is 30.6 Å². The molecule has 3 heterocycles. The number of allylic oxidation sites excluding steroid dienone is 1. The van der Waals surface area contributed by atoms with E-state index < -0.39 is 0 Å². The lowest BCUT2D eigenvalue weighted by Gasteiger charge is -2.44. The molecule has 2 unspecified atom stereocenters. The molecule has 2 N–H and O–H groups in total. The van der Waals surface area contributed by atoms with E-state index in [9.17, 15) is 0 Å². The second kappa shape index (κ2) is 7.10. The standard InChI is InChI=1S/C20H27N5/c1-2-5-18-23-17(13-25(18)14-21)12-24-11-4-7-16-9-8-15-6-3-10-22-19(15)20(16)24/h2-3,5-6,10,13,16,20H,4,7-9,11-12,14,21H2,1H3/b5-2-. The van der Waals surface area contributed by atoms with Gasteiger partial charge < -0.3 is 10.3 Å². The molecule has 0 saturated carbocycles. The third kappa shape index (κ3) is 3.14. The molecule has 1 aliphatic carbocycles. The molecule has 1 saturated heterocycles. The molecule has 2 atom stereocenters. The van der Waals surface area contributed by atoms with Crippen molar-refractivity contribution in [1.29, 1.82) is 0 Å². The van der Waals surface area contributed by atoms with E-state index in [0.29, 0.717) is 12.7 Å². The van der Waals surface area contributed by atoms with Crippen LogP contribution in [0, 0.1) is 5.92 Å². The minimum absolute atomic E-state index is 0.437. The Bertz CT molecular complexity index is 763. The fourth-order valence-electron chi connectivity index (χ4n) is 4.50. The van der Waals surface area contributed by atoms with Gasteiger partial charge in [0.15, 0.2) is 0 Å². The van der Waals surface area contributed by atoms with E-state index in [-0.39, 0.29) is 0 Å². The molecule has 132 valence electrons. The van der Waals surface area contributed by atoms with Gasteiger partial charge in [-0.25, -0.2) is 4.98 Å². The van der Waals surface area contributed by atoms with Crippen molar-refractivity contribution >= 4 is 6.08 Å². The fraction of sp³-hybridized carbons (Fsp3) is 0.500. The van der Waals surface area contributed by atoms with Crippen molar-refractivity contribution in [3.8, 4) is 0 Å². The Hall–Kier alpha value is -1.98. The zero-order valence-electron chi connectivity index (χ0n) is 14.9. The molecule has 1 fully saturated rings. The highest BCUT2D eigenvalue weighted by Crippen LogP contribution is 2.43. The van der Waals surface area contributed by atoms with E-state index in [1.54, 1.807) is 0 Å². The number of imidazole rings is 1. The highest BCUT2D eigenvalue weighted by Gasteiger charge is 2.37. The number of fused-ring (bicyclic) bond motifs is 3. The zero-order chi connectivity index (χ0) is 17.2. The molecule has 1 aliphatic heterocycles. The first kappa shape index (κ1) is 16.5. The van der Waals surface area contributed by atoms with Crippen molar-refractivity contribution in [1.82, 2.24) is 19.4 Å². The Morgan fingerprint density at radius 3 is 3.12 bits per heavy atom. The van der Waals surface area contributed by atoms with Crippen LogP contribution in [0.3, 0.4) is 0 Å². The average Bonchev–Trinajstić information content (AvgIpc) is 3.03. The molecule has 2 aromatic rings. The Kier molecular flexibility index (Phi) is 4.68. The maximum Gasteiger partial charge on any atom is 0.133 e. The molecular formula is C20H27N5. The van der Waals surface area contributed by atoms with Crippen LogP contribution in [0.5, 0.6) is 0 Å². The summed E-state index contributed by atoms with van der Waals surface area (Å²) < 4.78 is 2.02. The van der Waals surface area contributed by atoms with Crippen LogP contribution in [0.4, 0.5) is 0 Å². The van der Waals surface area contributed by atoms with Crippen molar-refractivity contribution in [2.45, 2.75) is 51.9 Å². The van der Waals surface area contributed by atoms with E-state index >= 15 is 0 Å². The van der Waals surface area contributed by atoms with E-state index in [0.717, 1.165) is 30.5 Å². The Labute approximate surface area is 149 Å². The second-order valence-electron chi connectivity index (χ2n) is 7.15.